The van der Waals surface area contributed by atoms with Gasteiger partial charge in [-0.1, -0.05) is 226 Å². The largest absolute Gasteiger partial charge is 0.208 e. The highest BCUT2D eigenvalue weighted by atomic mass is 15.0. The Morgan fingerprint density at radius 2 is 1.12 bits per heavy atom. The fourth-order valence-corrected chi connectivity index (χ4v) is 9.72. The molecule has 0 amide bonds. The molecule has 6 aromatic carbocycles. The third-order valence-electron chi connectivity index (χ3n) is 13.7. The van der Waals surface area contributed by atoms with Gasteiger partial charge in [-0.05, 0) is 148 Å². The van der Waals surface area contributed by atoms with Gasteiger partial charge in [0.15, 0.2) is 17.5 Å². The maximum absolute atomic E-state index is 5.36. The van der Waals surface area contributed by atoms with Gasteiger partial charge >= 0.3 is 0 Å². The van der Waals surface area contributed by atoms with Gasteiger partial charge in [0.1, 0.15) is 0 Å². The SMILES string of the molecule is C=C\C=C/C(C(/C=C\C(=C)c1nc(-c2cc(C(=C)/C=C\C=C/C)cc(-c3ccccc3)c2)nc(-c2cc(C3=CC=CCC=C3)cc(-c3ccccc3)c2)n1)=C\C)=C(\C)C1(C)c2ccccc2-c2ccccc21. The normalized spacial score (nSPS) is 14.4. The molecule has 0 unspecified atom stereocenters. The summed E-state index contributed by atoms with van der Waals surface area (Å²) in [5.74, 6) is 1.54. The van der Waals surface area contributed by atoms with Crippen LogP contribution in [0.15, 0.2) is 273 Å². The van der Waals surface area contributed by atoms with E-state index in [0.717, 1.165) is 73.2 Å². The monoisotopic (exact) mass is 929 g/mol. The van der Waals surface area contributed by atoms with E-state index in [1.54, 1.807) is 0 Å². The average Bonchev–Trinajstić information content (AvgIpc) is 3.55. The van der Waals surface area contributed by atoms with Gasteiger partial charge < -0.3 is 0 Å². The summed E-state index contributed by atoms with van der Waals surface area (Å²) < 4.78 is 0. The molecule has 9 rings (SSSR count). The van der Waals surface area contributed by atoms with Crippen LogP contribution in [0.4, 0.5) is 0 Å². The van der Waals surface area contributed by atoms with E-state index in [4.69, 9.17) is 15.0 Å². The first kappa shape index (κ1) is 48.2. The molecule has 7 aromatic rings. The molecule has 2 aliphatic carbocycles. The molecule has 0 atom stereocenters. The van der Waals surface area contributed by atoms with Crippen molar-refractivity contribution in [2.75, 3.05) is 0 Å². The molecule has 1 aromatic heterocycles. The molecule has 0 radical (unpaired) electrons. The second kappa shape index (κ2) is 21.9. The minimum atomic E-state index is -0.377. The van der Waals surface area contributed by atoms with Crippen molar-refractivity contribution in [3.63, 3.8) is 0 Å². The van der Waals surface area contributed by atoms with E-state index in [2.05, 4.69) is 223 Å². The summed E-state index contributed by atoms with van der Waals surface area (Å²) in [5, 5.41) is 0. The van der Waals surface area contributed by atoms with Gasteiger partial charge in [-0.3, -0.25) is 0 Å². The summed E-state index contributed by atoms with van der Waals surface area (Å²) in [6.45, 7) is 21.9. The van der Waals surface area contributed by atoms with Crippen LogP contribution in [0.1, 0.15) is 62.2 Å². The summed E-state index contributed by atoms with van der Waals surface area (Å²) in [5.41, 5.74) is 18.7. The molecular formula is C69H59N3. The predicted octanol–water partition coefficient (Wildman–Crippen LogP) is 18.1. The maximum atomic E-state index is 5.36. The summed E-state index contributed by atoms with van der Waals surface area (Å²) >= 11 is 0. The first-order valence-electron chi connectivity index (χ1n) is 24.6. The lowest BCUT2D eigenvalue weighted by Gasteiger charge is -2.31. The second-order valence-corrected chi connectivity index (χ2v) is 18.2. The highest BCUT2D eigenvalue weighted by molar-refractivity contribution is 5.86. The fraction of sp³-hybridized carbons (Fsp3) is 0.0870. The Kier molecular flexibility index (Phi) is 14.7. The topological polar surface area (TPSA) is 38.7 Å². The molecule has 0 aliphatic heterocycles. The smallest absolute Gasteiger partial charge is 0.164 e. The number of benzene rings is 6. The van der Waals surface area contributed by atoms with E-state index in [1.807, 2.05) is 61.6 Å². The molecule has 0 fully saturated rings. The van der Waals surface area contributed by atoms with E-state index < -0.39 is 0 Å². The van der Waals surface area contributed by atoms with Gasteiger partial charge in [-0.25, -0.2) is 15.0 Å². The van der Waals surface area contributed by atoms with Crippen LogP contribution in [0.25, 0.3) is 72.9 Å². The Hall–Kier alpha value is -8.79. The fourth-order valence-electron chi connectivity index (χ4n) is 9.72. The van der Waals surface area contributed by atoms with Gasteiger partial charge in [0.05, 0.1) is 0 Å². The van der Waals surface area contributed by atoms with Crippen LogP contribution in [0, 0.1) is 0 Å². The molecule has 0 saturated carbocycles. The standard InChI is InChI=1S/C69H59N3/c1-8-11-17-28-48(4)55-42-56(52-31-20-15-21-32-52)45-59(43-55)67-70-66(71-68(72-67)60-46-57(53-29-18-13-14-19-30-53)44-58(47-60)54-33-22-16-23-34-54)49(5)40-41-51(10-3)61(35-12-9-2)50(6)69(7)64-38-26-24-36-62(64)63-37-25-27-39-65(63)69/h8-13,15-47H,2,4-5,14H2,1,3,6-7H3/b11-8-,28-17-,35-12-,41-40-,51-10-,61-50-. The molecule has 350 valence electrons. The number of aromatic nitrogens is 3. The van der Waals surface area contributed by atoms with Crippen molar-refractivity contribution in [2.24, 2.45) is 0 Å². The van der Waals surface area contributed by atoms with E-state index in [-0.39, 0.29) is 5.41 Å². The molecule has 0 bridgehead atoms. The number of hydrogen-bond donors (Lipinski definition) is 0. The van der Waals surface area contributed by atoms with Crippen molar-refractivity contribution in [3.8, 4) is 56.2 Å². The molecule has 0 spiro atoms. The number of allylic oxidation sites excluding steroid dienone is 21. The Labute approximate surface area is 426 Å². The van der Waals surface area contributed by atoms with Crippen LogP contribution in [0.5, 0.6) is 0 Å². The summed E-state index contributed by atoms with van der Waals surface area (Å²) in [6, 6.07) is 51.5. The number of rotatable bonds is 15. The Balaban J connectivity index is 1.22. The van der Waals surface area contributed by atoms with E-state index in [9.17, 15) is 0 Å². The van der Waals surface area contributed by atoms with Crippen molar-refractivity contribution >= 4 is 16.7 Å². The lowest BCUT2D eigenvalue weighted by molar-refractivity contribution is 0.688. The van der Waals surface area contributed by atoms with Gasteiger partial charge in [0, 0.05) is 22.1 Å². The lowest BCUT2D eigenvalue weighted by Crippen LogP contribution is -2.23. The summed E-state index contributed by atoms with van der Waals surface area (Å²) in [4.78, 5) is 15.9. The summed E-state index contributed by atoms with van der Waals surface area (Å²) in [6.07, 6.45) is 32.1. The Bertz CT molecular complexity index is 3460. The third-order valence-corrected chi connectivity index (χ3v) is 13.7. The maximum Gasteiger partial charge on any atom is 0.164 e. The van der Waals surface area contributed by atoms with Crippen LogP contribution in [0.3, 0.4) is 0 Å². The van der Waals surface area contributed by atoms with Crippen molar-refractivity contribution in [1.82, 2.24) is 15.0 Å². The van der Waals surface area contributed by atoms with E-state index in [0.29, 0.717) is 23.0 Å². The minimum Gasteiger partial charge on any atom is -0.208 e. The molecular weight excluding hydrogens is 871 g/mol. The molecule has 3 nitrogen and oxygen atoms in total. The first-order valence-corrected chi connectivity index (χ1v) is 24.6. The summed E-state index contributed by atoms with van der Waals surface area (Å²) in [7, 11) is 0. The number of nitrogens with zero attached hydrogens (tertiary/aromatic N) is 3. The molecule has 2 aliphatic rings. The van der Waals surface area contributed by atoms with Crippen LogP contribution >= 0.6 is 0 Å². The van der Waals surface area contributed by atoms with Crippen molar-refractivity contribution in [1.29, 1.82) is 0 Å². The molecule has 1 heterocycles. The number of hydrogen-bond acceptors (Lipinski definition) is 3. The Morgan fingerprint density at radius 3 is 1.75 bits per heavy atom. The van der Waals surface area contributed by atoms with Gasteiger partial charge in [0.25, 0.3) is 0 Å². The van der Waals surface area contributed by atoms with Crippen molar-refractivity contribution in [3.05, 3.63) is 301 Å². The highest BCUT2D eigenvalue weighted by Crippen LogP contribution is 2.53. The van der Waals surface area contributed by atoms with E-state index >= 15 is 0 Å². The lowest BCUT2D eigenvalue weighted by atomic mass is 9.71. The number of fused-ring (bicyclic) bond motifs is 3. The molecule has 0 N–H and O–H groups in total. The Morgan fingerprint density at radius 1 is 0.556 bits per heavy atom. The minimum absolute atomic E-state index is 0.377. The van der Waals surface area contributed by atoms with Crippen LogP contribution in [-0.2, 0) is 5.41 Å². The third kappa shape index (κ3) is 10.1. The van der Waals surface area contributed by atoms with Gasteiger partial charge in [0.2, 0.25) is 0 Å². The quantitative estimate of drug-likeness (QED) is 0.0962. The second-order valence-electron chi connectivity index (χ2n) is 18.2. The molecule has 0 saturated heterocycles. The van der Waals surface area contributed by atoms with Crippen LogP contribution < -0.4 is 0 Å². The van der Waals surface area contributed by atoms with Gasteiger partial charge in [-0.15, -0.1) is 0 Å². The van der Waals surface area contributed by atoms with E-state index in [1.165, 1.54) is 27.8 Å². The molecule has 3 heteroatoms. The van der Waals surface area contributed by atoms with Crippen molar-refractivity contribution in [2.45, 2.75) is 39.5 Å². The average molecular weight is 930 g/mol. The zero-order valence-corrected chi connectivity index (χ0v) is 41.7. The predicted molar refractivity (Wildman–Crippen MR) is 308 cm³/mol. The zero-order chi connectivity index (χ0) is 50.0. The van der Waals surface area contributed by atoms with Crippen LogP contribution in [-0.4, -0.2) is 15.0 Å². The van der Waals surface area contributed by atoms with Crippen LogP contribution in [0.2, 0.25) is 0 Å². The zero-order valence-electron chi connectivity index (χ0n) is 41.7. The highest BCUT2D eigenvalue weighted by Gasteiger charge is 2.41. The van der Waals surface area contributed by atoms with Crippen molar-refractivity contribution < 1.29 is 0 Å². The van der Waals surface area contributed by atoms with Gasteiger partial charge in [-0.2, -0.15) is 0 Å². The first-order chi connectivity index (χ1) is 35.2. The molecule has 72 heavy (non-hydrogen) atoms.